The molecule has 3 heterocycles. The van der Waals surface area contributed by atoms with Gasteiger partial charge in [-0.1, -0.05) is 36.4 Å². The first kappa shape index (κ1) is 17.9. The van der Waals surface area contributed by atoms with E-state index in [1.807, 2.05) is 71.3 Å². The number of carbonyl (C=O) groups excluding carboxylic acids is 2. The highest BCUT2D eigenvalue weighted by molar-refractivity contribution is 5.98. The molecule has 5 nitrogen and oxygen atoms in total. The summed E-state index contributed by atoms with van der Waals surface area (Å²) in [6.07, 6.45) is 1.34. The minimum Gasteiger partial charge on any atom is -0.337 e. The van der Waals surface area contributed by atoms with Gasteiger partial charge in [-0.25, -0.2) is 4.98 Å². The second-order valence-corrected chi connectivity index (χ2v) is 8.36. The summed E-state index contributed by atoms with van der Waals surface area (Å²) in [5.74, 6) is 0.0998. The summed E-state index contributed by atoms with van der Waals surface area (Å²) in [5, 5.41) is 1.03. The van der Waals surface area contributed by atoms with Gasteiger partial charge in [-0.3, -0.25) is 9.59 Å². The van der Waals surface area contributed by atoms with E-state index in [1.54, 1.807) is 6.07 Å². The zero-order chi connectivity index (χ0) is 20.0. The summed E-state index contributed by atoms with van der Waals surface area (Å²) < 4.78 is 0. The van der Waals surface area contributed by atoms with Gasteiger partial charge < -0.3 is 9.80 Å². The highest BCUT2D eigenvalue weighted by atomic mass is 16.2. The van der Waals surface area contributed by atoms with Crippen molar-refractivity contribution in [1.82, 2.24) is 9.88 Å². The van der Waals surface area contributed by atoms with Gasteiger partial charge in [0, 0.05) is 42.5 Å². The number of anilines is 1. The number of benzene rings is 2. The first-order valence-corrected chi connectivity index (χ1v) is 10.1. The Kier molecular flexibility index (Phi) is 4.12. The van der Waals surface area contributed by atoms with E-state index in [0.29, 0.717) is 31.7 Å². The largest absolute Gasteiger partial charge is 0.337 e. The number of para-hydroxylation sites is 1. The maximum absolute atomic E-state index is 13.1. The third-order valence-electron chi connectivity index (χ3n) is 6.18. The van der Waals surface area contributed by atoms with Crippen molar-refractivity contribution in [3.63, 3.8) is 0 Å². The molecule has 2 aromatic carbocycles. The van der Waals surface area contributed by atoms with Crippen LogP contribution in [0.2, 0.25) is 0 Å². The molecule has 2 amide bonds. The van der Waals surface area contributed by atoms with Gasteiger partial charge in [-0.2, -0.15) is 0 Å². The van der Waals surface area contributed by atoms with Crippen molar-refractivity contribution in [3.05, 3.63) is 71.9 Å². The van der Waals surface area contributed by atoms with Crippen molar-refractivity contribution in [2.75, 3.05) is 24.5 Å². The van der Waals surface area contributed by atoms with E-state index in [4.69, 9.17) is 0 Å². The second kappa shape index (κ2) is 6.69. The molecule has 0 saturated carbocycles. The number of fused-ring (bicyclic) bond motifs is 1. The van der Waals surface area contributed by atoms with Crippen LogP contribution in [0.25, 0.3) is 10.9 Å². The quantitative estimate of drug-likeness (QED) is 0.674. The van der Waals surface area contributed by atoms with Crippen molar-refractivity contribution < 1.29 is 9.59 Å². The van der Waals surface area contributed by atoms with Crippen LogP contribution in [0.4, 0.5) is 5.69 Å². The maximum atomic E-state index is 13.1. The molecule has 5 rings (SSSR count). The number of aromatic nitrogens is 1. The van der Waals surface area contributed by atoms with Crippen LogP contribution in [0, 0.1) is 12.3 Å². The molecular formula is C24H23N3O2. The van der Waals surface area contributed by atoms with Crippen LogP contribution in [0.1, 0.15) is 28.9 Å². The van der Waals surface area contributed by atoms with E-state index in [1.165, 1.54) is 0 Å². The highest BCUT2D eigenvalue weighted by Crippen LogP contribution is 2.42. The third kappa shape index (κ3) is 3.16. The Labute approximate surface area is 170 Å². The predicted octanol–water partition coefficient (Wildman–Crippen LogP) is 3.81. The summed E-state index contributed by atoms with van der Waals surface area (Å²) in [5.41, 5.74) is 3.23. The Morgan fingerprint density at radius 2 is 1.90 bits per heavy atom. The number of rotatable bonds is 2. The molecule has 0 N–H and O–H groups in total. The van der Waals surface area contributed by atoms with Crippen molar-refractivity contribution >= 4 is 28.4 Å². The summed E-state index contributed by atoms with van der Waals surface area (Å²) in [4.78, 5) is 34.1. The average Bonchev–Trinajstić information content (AvgIpc) is 3.29. The number of aryl methyl sites for hydroxylation is 1. The number of hydrogen-bond donors (Lipinski definition) is 0. The molecule has 1 atom stereocenters. The van der Waals surface area contributed by atoms with Gasteiger partial charge in [0.05, 0.1) is 5.52 Å². The fourth-order valence-corrected chi connectivity index (χ4v) is 4.66. The number of likely N-dealkylation sites (tertiary alicyclic amines) is 1. The third-order valence-corrected chi connectivity index (χ3v) is 6.18. The number of nitrogens with zero attached hydrogens (tertiary/aromatic N) is 3. The lowest BCUT2D eigenvalue weighted by Crippen LogP contribution is -2.34. The molecule has 2 aliphatic rings. The van der Waals surface area contributed by atoms with E-state index in [2.05, 4.69) is 4.98 Å². The molecule has 1 aromatic heterocycles. The van der Waals surface area contributed by atoms with Crippen LogP contribution in [0.5, 0.6) is 0 Å². The van der Waals surface area contributed by atoms with E-state index < -0.39 is 0 Å². The second-order valence-electron chi connectivity index (χ2n) is 8.36. The molecule has 0 aliphatic carbocycles. The van der Waals surface area contributed by atoms with Gasteiger partial charge in [0.15, 0.2) is 0 Å². The van der Waals surface area contributed by atoms with E-state index in [0.717, 1.165) is 28.6 Å². The van der Waals surface area contributed by atoms with Crippen LogP contribution in [0.3, 0.4) is 0 Å². The van der Waals surface area contributed by atoms with Crippen LogP contribution in [-0.2, 0) is 4.79 Å². The topological polar surface area (TPSA) is 53.5 Å². The summed E-state index contributed by atoms with van der Waals surface area (Å²) >= 11 is 0. The fourth-order valence-electron chi connectivity index (χ4n) is 4.66. The standard InChI is InChI=1S/C24H23N3O2/c1-17-5-4-7-19(13-17)27-16-24(14-22(27)28)11-12-26(15-24)23(29)21-10-9-18-6-2-3-8-20(18)25-21/h2-10,13H,11-12,14-16H2,1H3/t24-/m0/s1. The van der Waals surface area contributed by atoms with E-state index >= 15 is 0 Å². The summed E-state index contributed by atoms with van der Waals surface area (Å²) in [6.45, 7) is 3.98. The highest BCUT2D eigenvalue weighted by Gasteiger charge is 2.49. The molecule has 0 bridgehead atoms. The van der Waals surface area contributed by atoms with Crippen LogP contribution in [-0.4, -0.2) is 41.3 Å². The van der Waals surface area contributed by atoms with Crippen molar-refractivity contribution in [2.24, 2.45) is 5.41 Å². The number of hydrogen-bond acceptors (Lipinski definition) is 3. The summed E-state index contributed by atoms with van der Waals surface area (Å²) in [6, 6.07) is 19.6. The predicted molar refractivity (Wildman–Crippen MR) is 113 cm³/mol. The average molecular weight is 385 g/mol. The zero-order valence-corrected chi connectivity index (χ0v) is 16.5. The Morgan fingerprint density at radius 3 is 2.76 bits per heavy atom. The molecule has 3 aromatic rings. The lowest BCUT2D eigenvalue weighted by atomic mass is 9.86. The molecule has 5 heteroatoms. The Balaban J connectivity index is 1.35. The van der Waals surface area contributed by atoms with Gasteiger partial charge in [0.1, 0.15) is 5.69 Å². The Hall–Kier alpha value is -3.21. The molecule has 2 saturated heterocycles. The minimum absolute atomic E-state index is 0.0471. The van der Waals surface area contributed by atoms with E-state index in [-0.39, 0.29) is 17.2 Å². The van der Waals surface area contributed by atoms with Crippen LogP contribution >= 0.6 is 0 Å². The van der Waals surface area contributed by atoms with Crippen molar-refractivity contribution in [1.29, 1.82) is 0 Å². The molecular weight excluding hydrogens is 362 g/mol. The molecule has 2 fully saturated rings. The molecule has 2 aliphatic heterocycles. The Morgan fingerprint density at radius 1 is 1.03 bits per heavy atom. The summed E-state index contributed by atoms with van der Waals surface area (Å²) in [7, 11) is 0. The van der Waals surface area contributed by atoms with Gasteiger partial charge in [-0.05, 0) is 43.2 Å². The van der Waals surface area contributed by atoms with Crippen molar-refractivity contribution in [2.45, 2.75) is 19.8 Å². The lowest BCUT2D eigenvalue weighted by molar-refractivity contribution is -0.117. The molecule has 0 unspecified atom stereocenters. The minimum atomic E-state index is -0.159. The van der Waals surface area contributed by atoms with Crippen LogP contribution in [0.15, 0.2) is 60.7 Å². The maximum Gasteiger partial charge on any atom is 0.272 e. The number of pyridine rings is 1. The van der Waals surface area contributed by atoms with Gasteiger partial charge in [0.25, 0.3) is 5.91 Å². The number of carbonyl (C=O) groups is 2. The van der Waals surface area contributed by atoms with Gasteiger partial charge >= 0.3 is 0 Å². The number of amides is 2. The molecule has 146 valence electrons. The van der Waals surface area contributed by atoms with Crippen LogP contribution < -0.4 is 4.90 Å². The van der Waals surface area contributed by atoms with E-state index in [9.17, 15) is 9.59 Å². The smallest absolute Gasteiger partial charge is 0.272 e. The molecule has 0 radical (unpaired) electrons. The normalized spacial score (nSPS) is 21.5. The zero-order valence-electron chi connectivity index (χ0n) is 16.5. The lowest BCUT2D eigenvalue weighted by Gasteiger charge is -2.24. The van der Waals surface area contributed by atoms with Gasteiger partial charge in [0.2, 0.25) is 5.91 Å². The van der Waals surface area contributed by atoms with Crippen molar-refractivity contribution in [3.8, 4) is 0 Å². The Bertz CT molecular complexity index is 1130. The van der Waals surface area contributed by atoms with Gasteiger partial charge in [-0.15, -0.1) is 0 Å². The fraction of sp³-hybridized carbons (Fsp3) is 0.292. The SMILES string of the molecule is Cc1cccc(N2C[C@@]3(CCN(C(=O)c4ccc5ccccc5n4)C3)CC2=O)c1. The first-order chi connectivity index (χ1) is 14.0. The first-order valence-electron chi connectivity index (χ1n) is 10.1. The molecule has 1 spiro atoms. The molecule has 29 heavy (non-hydrogen) atoms. The monoisotopic (exact) mass is 385 g/mol.